The van der Waals surface area contributed by atoms with E-state index in [4.69, 9.17) is 18.9 Å². The van der Waals surface area contributed by atoms with Crippen LogP contribution >= 0.6 is 0 Å². The number of hydrogen-bond donors (Lipinski definition) is 0. The van der Waals surface area contributed by atoms with Crippen molar-refractivity contribution in [3.8, 4) is 58.5 Å². The van der Waals surface area contributed by atoms with Crippen LogP contribution in [0.4, 0.5) is 0 Å². The molecule has 0 atom stereocenters. The fraction of sp³-hybridized carbons (Fsp3) is 0.0870. The summed E-state index contributed by atoms with van der Waals surface area (Å²) in [6.07, 6.45) is 0. The van der Waals surface area contributed by atoms with E-state index in [9.17, 15) is 19.2 Å². The van der Waals surface area contributed by atoms with Gasteiger partial charge in [0.25, 0.3) is 0 Å². The van der Waals surface area contributed by atoms with E-state index in [2.05, 4.69) is 61.8 Å². The lowest BCUT2D eigenvalue weighted by atomic mass is 10.1. The summed E-state index contributed by atoms with van der Waals surface area (Å²) >= 11 is 0. The lowest BCUT2D eigenvalue weighted by Crippen LogP contribution is -2.14. The molecule has 8 heteroatoms. The molecule has 0 fully saturated rings. The topological polar surface area (TPSA) is 105 Å². The predicted octanol–water partition coefficient (Wildman–Crippen LogP) is 7.81. The fourth-order valence-corrected chi connectivity index (χ4v) is 3.98. The molecular weight excluding hydrogens is 680 g/mol. The third-order valence-corrected chi connectivity index (χ3v) is 6.94. The second-order valence-electron chi connectivity index (χ2n) is 11.9. The number of esters is 4. The van der Waals surface area contributed by atoms with E-state index in [0.29, 0.717) is 28.2 Å². The van der Waals surface area contributed by atoms with Crippen LogP contribution in [0.1, 0.15) is 61.1 Å². The summed E-state index contributed by atoms with van der Waals surface area (Å²) in [6.45, 7) is 20.5. The molecule has 0 spiro atoms. The van der Waals surface area contributed by atoms with Crippen molar-refractivity contribution in [3.05, 3.63) is 167 Å². The molecule has 0 saturated heterocycles. The minimum absolute atomic E-state index is 0.103. The third-order valence-electron chi connectivity index (χ3n) is 6.94. The van der Waals surface area contributed by atoms with Crippen LogP contribution in [0, 0.1) is 35.5 Å². The summed E-state index contributed by atoms with van der Waals surface area (Å²) in [4.78, 5) is 49.2. The normalized spacial score (nSPS) is 9.63. The number of benzene rings is 4. The van der Waals surface area contributed by atoms with Gasteiger partial charge in [0, 0.05) is 44.5 Å². The van der Waals surface area contributed by atoms with Crippen LogP contribution in [-0.4, -0.2) is 23.9 Å². The van der Waals surface area contributed by atoms with E-state index in [1.807, 2.05) is 0 Å². The Kier molecular flexibility index (Phi) is 13.1. The lowest BCUT2D eigenvalue weighted by molar-refractivity contribution is -0.132. The number of carbonyl (C=O) groups is 4. The van der Waals surface area contributed by atoms with E-state index < -0.39 is 23.9 Å². The lowest BCUT2D eigenvalue weighted by Gasteiger charge is -2.14. The minimum atomic E-state index is -0.765. The number of carbonyl (C=O) groups excluding carboxylic acids is 4. The fourth-order valence-electron chi connectivity index (χ4n) is 3.98. The van der Waals surface area contributed by atoms with Crippen molar-refractivity contribution in [1.82, 2.24) is 0 Å². The molecular formula is C46H34O8. The molecule has 0 saturated carbocycles. The Labute approximate surface area is 314 Å². The molecule has 0 aliphatic carbocycles. The van der Waals surface area contributed by atoms with Gasteiger partial charge in [-0.3, -0.25) is 0 Å². The maximum absolute atomic E-state index is 12.8. The Bertz CT molecular complexity index is 2390. The number of rotatable bonds is 8. The molecule has 0 N–H and O–H groups in total. The van der Waals surface area contributed by atoms with Crippen LogP contribution < -0.4 is 18.9 Å². The van der Waals surface area contributed by atoms with Crippen LogP contribution in [0.5, 0.6) is 23.0 Å². The van der Waals surface area contributed by atoms with Crippen molar-refractivity contribution in [2.75, 3.05) is 0 Å². The molecule has 54 heavy (non-hydrogen) atoms. The van der Waals surface area contributed by atoms with Crippen molar-refractivity contribution in [2.24, 2.45) is 0 Å². The quantitative estimate of drug-likeness (QED) is 0.0788. The van der Waals surface area contributed by atoms with Gasteiger partial charge in [-0.25, -0.2) is 19.2 Å². The van der Waals surface area contributed by atoms with Gasteiger partial charge in [0.1, 0.15) is 11.5 Å². The van der Waals surface area contributed by atoms with Crippen LogP contribution in [-0.2, 0) is 19.2 Å². The zero-order valence-electron chi connectivity index (χ0n) is 30.2. The Morgan fingerprint density at radius 1 is 0.370 bits per heavy atom. The van der Waals surface area contributed by atoms with Gasteiger partial charge in [-0.05, 0) is 113 Å². The largest absolute Gasteiger partial charge is 0.423 e. The van der Waals surface area contributed by atoms with Crippen molar-refractivity contribution in [3.63, 3.8) is 0 Å². The summed E-state index contributed by atoms with van der Waals surface area (Å²) in [6, 6.07) is 23.6. The first kappa shape index (κ1) is 39.2. The van der Waals surface area contributed by atoms with E-state index in [1.54, 1.807) is 98.8 Å². The second kappa shape index (κ2) is 18.1. The number of ether oxygens (including phenoxy) is 4. The maximum Gasteiger partial charge on any atom is 0.338 e. The Morgan fingerprint density at radius 2 is 0.611 bits per heavy atom. The molecule has 8 nitrogen and oxygen atoms in total. The highest BCUT2D eigenvalue weighted by Gasteiger charge is 2.22. The monoisotopic (exact) mass is 714 g/mol. The zero-order valence-corrected chi connectivity index (χ0v) is 30.2. The summed E-state index contributed by atoms with van der Waals surface area (Å²) in [7, 11) is 0. The summed E-state index contributed by atoms with van der Waals surface area (Å²) < 4.78 is 21.8. The van der Waals surface area contributed by atoms with E-state index in [0.717, 1.165) is 11.1 Å². The Balaban J connectivity index is 1.65. The van der Waals surface area contributed by atoms with E-state index in [-0.39, 0.29) is 39.3 Å². The highest BCUT2D eigenvalue weighted by molar-refractivity contribution is 5.92. The van der Waals surface area contributed by atoms with Crippen molar-refractivity contribution < 1.29 is 38.1 Å². The Morgan fingerprint density at radius 3 is 0.889 bits per heavy atom. The van der Waals surface area contributed by atoms with E-state index in [1.165, 1.54) is 13.8 Å². The summed E-state index contributed by atoms with van der Waals surface area (Å²) in [5, 5.41) is 0. The first-order valence-electron chi connectivity index (χ1n) is 16.2. The average molecular weight is 715 g/mol. The molecule has 4 aromatic carbocycles. The smallest absolute Gasteiger partial charge is 0.338 e. The van der Waals surface area contributed by atoms with Gasteiger partial charge in [0.2, 0.25) is 0 Å². The molecule has 0 aromatic heterocycles. The van der Waals surface area contributed by atoms with Crippen LogP contribution in [0.2, 0.25) is 0 Å². The molecule has 0 amide bonds. The molecule has 4 rings (SSSR count). The van der Waals surface area contributed by atoms with Gasteiger partial charge >= 0.3 is 23.9 Å². The maximum atomic E-state index is 12.8. The third kappa shape index (κ3) is 11.2. The first-order valence-corrected chi connectivity index (χ1v) is 16.2. The van der Waals surface area contributed by atoms with Crippen molar-refractivity contribution >= 4 is 23.9 Å². The molecule has 0 bridgehead atoms. The molecule has 0 heterocycles. The van der Waals surface area contributed by atoms with Crippen LogP contribution in [0.3, 0.4) is 0 Å². The average Bonchev–Trinajstić information content (AvgIpc) is 3.14. The predicted molar refractivity (Wildman–Crippen MR) is 206 cm³/mol. The van der Waals surface area contributed by atoms with Crippen LogP contribution in [0.15, 0.2) is 134 Å². The van der Waals surface area contributed by atoms with Crippen molar-refractivity contribution in [1.29, 1.82) is 0 Å². The molecule has 0 unspecified atom stereocenters. The summed E-state index contributed by atoms with van der Waals surface area (Å²) in [5.74, 6) is 16.0. The second-order valence-corrected chi connectivity index (χ2v) is 11.9. The molecule has 4 aromatic rings. The highest BCUT2D eigenvalue weighted by Crippen LogP contribution is 2.36. The van der Waals surface area contributed by atoms with Gasteiger partial charge in [-0.15, -0.1) is 0 Å². The zero-order chi connectivity index (χ0) is 39.4. The minimum Gasteiger partial charge on any atom is -0.423 e. The molecule has 0 aliphatic rings. The molecule has 266 valence electrons. The Hall–Kier alpha value is -7.60. The van der Waals surface area contributed by atoms with E-state index >= 15 is 0 Å². The number of hydrogen-bond acceptors (Lipinski definition) is 8. The van der Waals surface area contributed by atoms with Gasteiger partial charge in [0.15, 0.2) is 11.5 Å². The summed E-state index contributed by atoms with van der Waals surface area (Å²) in [5.41, 5.74) is 3.88. The van der Waals surface area contributed by atoms with Crippen LogP contribution in [0.25, 0.3) is 0 Å². The molecule has 0 aliphatic heterocycles. The van der Waals surface area contributed by atoms with Gasteiger partial charge in [-0.1, -0.05) is 61.8 Å². The SMILES string of the molecule is C=C(C)C(=O)Oc1ccc(C#Cc2ccc(C#Cc3ccc(C#Cc4ccc(OC(=O)C(=C)C)cc4)c(OC(=O)C(=C)C)c3OC(=O)C(=C)C)cc2)cc1. The van der Waals surface area contributed by atoms with Gasteiger partial charge < -0.3 is 18.9 Å². The first-order chi connectivity index (χ1) is 25.7. The van der Waals surface area contributed by atoms with Crippen molar-refractivity contribution in [2.45, 2.75) is 27.7 Å². The molecule has 0 radical (unpaired) electrons. The van der Waals surface area contributed by atoms with Gasteiger partial charge in [-0.2, -0.15) is 0 Å². The highest BCUT2D eigenvalue weighted by atomic mass is 16.6. The van der Waals surface area contributed by atoms with Gasteiger partial charge in [0.05, 0.1) is 11.1 Å². The standard InChI is InChI=1S/C46H34O8/c1-29(2)43(47)51-39-25-17-35(18-26-39)14-11-33-9-12-34(13-10-33)15-21-37-23-24-38(22-16-36-19-27-40(28-20-36)52-44(48)30(3)4)42(54-46(50)32(7)8)41(37)53-45(49)31(5)6/h9-10,12-13,17-20,23-28H,1,3,5,7H2,2,4,6,8H3.